The molecule has 1 fully saturated rings. The number of carbonyl (C=O) groups is 2. The van der Waals surface area contributed by atoms with E-state index in [9.17, 15) is 22.8 Å². The molecule has 0 atom stereocenters. The first-order valence-corrected chi connectivity index (χ1v) is 9.59. The molecule has 0 spiro atoms. The van der Waals surface area contributed by atoms with Crippen LogP contribution in [-0.4, -0.2) is 18.5 Å². The summed E-state index contributed by atoms with van der Waals surface area (Å²) in [5.41, 5.74) is -0.911. The van der Waals surface area contributed by atoms with Crippen LogP contribution in [0.3, 0.4) is 0 Å². The molecule has 1 aromatic carbocycles. The lowest BCUT2D eigenvalue weighted by Crippen LogP contribution is -2.31. The van der Waals surface area contributed by atoms with Crippen molar-refractivity contribution in [1.29, 1.82) is 0 Å². The molecule has 0 radical (unpaired) electrons. The Hall–Kier alpha value is -1.76. The van der Waals surface area contributed by atoms with E-state index in [-0.39, 0.29) is 17.0 Å². The van der Waals surface area contributed by atoms with Gasteiger partial charge in [0.05, 0.1) is 16.5 Å². The highest BCUT2D eigenvalue weighted by Gasteiger charge is 2.34. The molecule has 1 aliphatic carbocycles. The number of carbonyl (C=O) groups excluding carboxylic acids is 2. The van der Waals surface area contributed by atoms with E-state index < -0.39 is 35.2 Å². The van der Waals surface area contributed by atoms with Crippen LogP contribution in [0.1, 0.15) is 52.0 Å². The van der Waals surface area contributed by atoms with Gasteiger partial charge in [-0.3, -0.25) is 9.59 Å². The number of hydrogen-bond acceptors (Lipinski definition) is 3. The molecule has 28 heavy (non-hydrogen) atoms. The minimum absolute atomic E-state index is 0.0662. The lowest BCUT2D eigenvalue weighted by molar-refractivity contribution is -0.153. The number of amides is 1. The summed E-state index contributed by atoms with van der Waals surface area (Å²) in [6.45, 7) is 6.01. The van der Waals surface area contributed by atoms with Crippen molar-refractivity contribution < 1.29 is 27.5 Å². The second-order valence-corrected chi connectivity index (χ2v) is 8.67. The monoisotopic (exact) mass is 419 g/mol. The highest BCUT2D eigenvalue weighted by Crippen LogP contribution is 2.40. The Labute approximate surface area is 167 Å². The highest BCUT2D eigenvalue weighted by molar-refractivity contribution is 6.31. The summed E-state index contributed by atoms with van der Waals surface area (Å²) in [4.78, 5) is 24.1. The van der Waals surface area contributed by atoms with Gasteiger partial charge in [0.25, 0.3) is 5.91 Å². The summed E-state index contributed by atoms with van der Waals surface area (Å²) in [5.74, 6) is -0.826. The standard InChI is InChI=1S/C20H25ClF3NO3/c1-19(2,3)13-6-4-12(5-7-13)18(27)28-11-17(26)25-14-8-9-16(21)15(10-14)20(22,23)24/h8-10,12-13H,4-7,11H2,1-3H3,(H,25,26). The molecule has 1 aliphatic rings. The molecule has 1 N–H and O–H groups in total. The summed E-state index contributed by atoms with van der Waals surface area (Å²) in [6.07, 6.45) is -1.33. The predicted molar refractivity (Wildman–Crippen MR) is 101 cm³/mol. The fourth-order valence-corrected chi connectivity index (χ4v) is 3.69. The molecule has 1 saturated carbocycles. The van der Waals surface area contributed by atoms with E-state index in [1.54, 1.807) is 0 Å². The van der Waals surface area contributed by atoms with Gasteiger partial charge in [0.1, 0.15) is 0 Å². The first kappa shape index (κ1) is 22.5. The van der Waals surface area contributed by atoms with Gasteiger partial charge < -0.3 is 10.1 Å². The van der Waals surface area contributed by atoms with Gasteiger partial charge in [-0.2, -0.15) is 13.2 Å². The molecule has 1 aromatic rings. The van der Waals surface area contributed by atoms with Crippen molar-refractivity contribution in [2.75, 3.05) is 11.9 Å². The maximum atomic E-state index is 12.9. The van der Waals surface area contributed by atoms with E-state index >= 15 is 0 Å². The lowest BCUT2D eigenvalue weighted by Gasteiger charge is -2.36. The Balaban J connectivity index is 1.84. The van der Waals surface area contributed by atoms with E-state index in [2.05, 4.69) is 26.1 Å². The molecule has 0 aliphatic heterocycles. The zero-order valence-corrected chi connectivity index (χ0v) is 16.9. The van der Waals surface area contributed by atoms with Crippen LogP contribution in [0.5, 0.6) is 0 Å². The van der Waals surface area contributed by atoms with Gasteiger partial charge in [0.2, 0.25) is 0 Å². The molecular formula is C20H25ClF3NO3. The van der Waals surface area contributed by atoms with Crippen molar-refractivity contribution in [2.45, 2.75) is 52.6 Å². The maximum absolute atomic E-state index is 12.9. The summed E-state index contributed by atoms with van der Waals surface area (Å²) >= 11 is 5.54. The summed E-state index contributed by atoms with van der Waals surface area (Å²) in [7, 11) is 0. The Kier molecular flexibility index (Phi) is 7.02. The quantitative estimate of drug-likeness (QED) is 0.637. The molecule has 0 heterocycles. The van der Waals surface area contributed by atoms with Gasteiger partial charge in [-0.1, -0.05) is 32.4 Å². The van der Waals surface area contributed by atoms with Crippen LogP contribution in [0.15, 0.2) is 18.2 Å². The van der Waals surface area contributed by atoms with Crippen LogP contribution in [0.4, 0.5) is 18.9 Å². The summed E-state index contributed by atoms with van der Waals surface area (Å²) < 4.78 is 43.6. The molecule has 4 nitrogen and oxygen atoms in total. The molecule has 0 aromatic heterocycles. The second kappa shape index (κ2) is 8.72. The summed E-state index contributed by atoms with van der Waals surface area (Å²) in [6, 6.07) is 3.06. The number of halogens is 4. The number of hydrogen-bond donors (Lipinski definition) is 1. The van der Waals surface area contributed by atoms with E-state index in [0.717, 1.165) is 25.0 Å². The van der Waals surface area contributed by atoms with Gasteiger partial charge in [-0.15, -0.1) is 0 Å². The zero-order valence-electron chi connectivity index (χ0n) is 16.2. The SMILES string of the molecule is CC(C)(C)C1CCC(C(=O)OCC(=O)Nc2ccc(Cl)c(C(F)(F)F)c2)CC1. The molecular weight excluding hydrogens is 395 g/mol. The Morgan fingerprint density at radius 2 is 1.75 bits per heavy atom. The van der Waals surface area contributed by atoms with Crippen molar-refractivity contribution in [1.82, 2.24) is 0 Å². The fourth-order valence-electron chi connectivity index (χ4n) is 3.47. The number of ether oxygens (including phenoxy) is 1. The number of benzene rings is 1. The molecule has 0 bridgehead atoms. The van der Waals surface area contributed by atoms with Crippen molar-refractivity contribution in [3.05, 3.63) is 28.8 Å². The summed E-state index contributed by atoms with van der Waals surface area (Å²) in [5, 5.41) is 1.84. The van der Waals surface area contributed by atoms with Gasteiger partial charge >= 0.3 is 12.1 Å². The topological polar surface area (TPSA) is 55.4 Å². The third-order valence-electron chi connectivity index (χ3n) is 5.19. The number of rotatable bonds is 4. The second-order valence-electron chi connectivity index (χ2n) is 8.26. The van der Waals surface area contributed by atoms with Gasteiger partial charge in [0, 0.05) is 5.69 Å². The number of nitrogens with one attached hydrogen (secondary N) is 1. The van der Waals surface area contributed by atoms with Crippen LogP contribution in [0.2, 0.25) is 5.02 Å². The minimum Gasteiger partial charge on any atom is -0.455 e. The normalized spacial score (nSPS) is 20.5. The van der Waals surface area contributed by atoms with Gasteiger partial charge in [-0.25, -0.2) is 0 Å². The first-order chi connectivity index (χ1) is 12.9. The third-order valence-corrected chi connectivity index (χ3v) is 5.52. The minimum atomic E-state index is -4.63. The smallest absolute Gasteiger partial charge is 0.417 e. The van der Waals surface area contributed by atoms with E-state index in [0.29, 0.717) is 18.8 Å². The zero-order chi connectivity index (χ0) is 21.1. The Morgan fingerprint density at radius 3 is 2.29 bits per heavy atom. The van der Waals surface area contributed by atoms with Gasteiger partial charge in [0.15, 0.2) is 6.61 Å². The fraction of sp³-hybridized carbons (Fsp3) is 0.600. The largest absolute Gasteiger partial charge is 0.455 e. The van der Waals surface area contributed by atoms with Crippen molar-refractivity contribution >= 4 is 29.2 Å². The van der Waals surface area contributed by atoms with Crippen molar-refractivity contribution in [2.24, 2.45) is 17.3 Å². The van der Waals surface area contributed by atoms with Gasteiger partial charge in [-0.05, 0) is 55.2 Å². The number of esters is 1. The van der Waals surface area contributed by atoms with Crippen LogP contribution in [0.25, 0.3) is 0 Å². The molecule has 0 saturated heterocycles. The molecule has 0 unspecified atom stereocenters. The molecule has 156 valence electrons. The number of alkyl halides is 3. The Morgan fingerprint density at radius 1 is 1.14 bits per heavy atom. The highest BCUT2D eigenvalue weighted by atomic mass is 35.5. The lowest BCUT2D eigenvalue weighted by atomic mass is 9.70. The maximum Gasteiger partial charge on any atom is 0.417 e. The van der Waals surface area contributed by atoms with Crippen molar-refractivity contribution in [3.8, 4) is 0 Å². The van der Waals surface area contributed by atoms with Crippen molar-refractivity contribution in [3.63, 3.8) is 0 Å². The van der Waals surface area contributed by atoms with E-state index in [4.69, 9.17) is 16.3 Å². The third kappa shape index (κ3) is 6.12. The average Bonchev–Trinajstić information content (AvgIpc) is 2.59. The number of anilines is 1. The van der Waals surface area contributed by atoms with Crippen LogP contribution >= 0.6 is 11.6 Å². The predicted octanol–water partition coefficient (Wildman–Crippen LogP) is 5.69. The van der Waals surface area contributed by atoms with Crippen LogP contribution < -0.4 is 5.32 Å². The molecule has 1 amide bonds. The Bertz CT molecular complexity index is 720. The van der Waals surface area contributed by atoms with Crippen LogP contribution in [0, 0.1) is 17.3 Å². The molecule has 8 heteroatoms. The molecule has 2 rings (SSSR count). The van der Waals surface area contributed by atoms with E-state index in [1.807, 2.05) is 0 Å². The van der Waals surface area contributed by atoms with E-state index in [1.165, 1.54) is 6.07 Å². The first-order valence-electron chi connectivity index (χ1n) is 9.21. The average molecular weight is 420 g/mol. The van der Waals surface area contributed by atoms with Crippen LogP contribution in [-0.2, 0) is 20.5 Å².